The van der Waals surface area contributed by atoms with Gasteiger partial charge >= 0.3 is 5.97 Å². The minimum Gasteiger partial charge on any atom is -0.487 e. The first-order valence-electron chi connectivity index (χ1n) is 6.52. The van der Waals surface area contributed by atoms with E-state index in [1.165, 1.54) is 6.07 Å². The predicted molar refractivity (Wildman–Crippen MR) is 71.5 cm³/mol. The van der Waals surface area contributed by atoms with Crippen molar-refractivity contribution in [2.24, 2.45) is 5.92 Å². The number of carbonyl (C=O) groups is 1. The highest BCUT2D eigenvalue weighted by molar-refractivity contribution is 5.70. The fourth-order valence-electron chi connectivity index (χ4n) is 2.42. The Morgan fingerprint density at radius 3 is 2.52 bits per heavy atom. The van der Waals surface area contributed by atoms with Gasteiger partial charge in [0, 0.05) is 6.07 Å². The molecule has 8 heteroatoms. The van der Waals surface area contributed by atoms with Crippen LogP contribution in [0.2, 0.25) is 0 Å². The van der Waals surface area contributed by atoms with Gasteiger partial charge < -0.3 is 15.6 Å². The largest absolute Gasteiger partial charge is 0.487 e. The van der Waals surface area contributed by atoms with Crippen LogP contribution in [0.3, 0.4) is 0 Å². The maximum absolute atomic E-state index is 13.9. The summed E-state index contributed by atoms with van der Waals surface area (Å²) in [5, 5.41) is 19.5. The number of nitrogen functional groups attached to an aromatic ring is 1. The van der Waals surface area contributed by atoms with Crippen LogP contribution in [0.15, 0.2) is 12.1 Å². The van der Waals surface area contributed by atoms with Crippen molar-refractivity contribution in [3.8, 4) is 5.75 Å². The van der Waals surface area contributed by atoms with Gasteiger partial charge in [0.1, 0.15) is 0 Å². The fraction of sp³-hybridized carbons (Fsp3) is 0.462. The number of nitrogens with two attached hydrogens (primary N) is 1. The number of rotatable bonds is 4. The second-order valence-electron chi connectivity index (χ2n) is 5.00. The van der Waals surface area contributed by atoms with Gasteiger partial charge in [0.25, 0.3) is 5.69 Å². The van der Waals surface area contributed by atoms with E-state index in [0.717, 1.165) is 6.07 Å². The second-order valence-corrected chi connectivity index (χ2v) is 5.00. The molecule has 0 saturated heterocycles. The van der Waals surface area contributed by atoms with Crippen molar-refractivity contribution < 1.29 is 24.0 Å². The lowest BCUT2D eigenvalue weighted by Gasteiger charge is -2.27. The SMILES string of the molecule is Nc1c([N+](=O)[O-])ccc(OC2CCC(C(=O)O)CC2)c1F. The van der Waals surface area contributed by atoms with Crippen LogP contribution in [0.4, 0.5) is 15.8 Å². The normalized spacial score (nSPS) is 21.8. The summed E-state index contributed by atoms with van der Waals surface area (Å²) in [6, 6.07) is 2.27. The Kier molecular flexibility index (Phi) is 4.25. The van der Waals surface area contributed by atoms with Crippen molar-refractivity contribution in [1.82, 2.24) is 0 Å². The lowest BCUT2D eigenvalue weighted by molar-refractivity contribution is -0.384. The molecule has 21 heavy (non-hydrogen) atoms. The van der Waals surface area contributed by atoms with E-state index in [1.807, 2.05) is 0 Å². The number of carboxylic acid groups (broad SMARTS) is 1. The molecule has 1 aromatic carbocycles. The van der Waals surface area contributed by atoms with Gasteiger partial charge in [0.15, 0.2) is 17.3 Å². The molecule has 0 spiro atoms. The van der Waals surface area contributed by atoms with Crippen molar-refractivity contribution in [3.05, 3.63) is 28.1 Å². The third-order valence-electron chi connectivity index (χ3n) is 3.64. The monoisotopic (exact) mass is 298 g/mol. The number of halogens is 1. The summed E-state index contributed by atoms with van der Waals surface area (Å²) in [5.74, 6) is -2.32. The Morgan fingerprint density at radius 1 is 1.38 bits per heavy atom. The molecule has 1 saturated carbocycles. The zero-order valence-corrected chi connectivity index (χ0v) is 11.1. The van der Waals surface area contributed by atoms with Crippen LogP contribution >= 0.6 is 0 Å². The molecule has 1 aliphatic rings. The van der Waals surface area contributed by atoms with Gasteiger partial charge in [-0.1, -0.05) is 0 Å². The highest BCUT2D eigenvalue weighted by Crippen LogP contribution is 2.34. The van der Waals surface area contributed by atoms with Gasteiger partial charge in [-0.25, -0.2) is 4.39 Å². The molecule has 0 heterocycles. The molecule has 2 rings (SSSR count). The molecule has 0 bridgehead atoms. The number of hydrogen-bond donors (Lipinski definition) is 2. The number of nitro groups is 1. The first-order valence-corrected chi connectivity index (χ1v) is 6.52. The third kappa shape index (κ3) is 3.21. The number of aliphatic carboxylic acids is 1. The van der Waals surface area contributed by atoms with Crippen LogP contribution in [-0.4, -0.2) is 22.1 Å². The zero-order chi connectivity index (χ0) is 15.6. The van der Waals surface area contributed by atoms with E-state index in [-0.39, 0.29) is 11.9 Å². The van der Waals surface area contributed by atoms with E-state index in [4.69, 9.17) is 15.6 Å². The minimum atomic E-state index is -0.954. The summed E-state index contributed by atoms with van der Waals surface area (Å²) in [5.41, 5.74) is 4.31. The van der Waals surface area contributed by atoms with Crippen LogP contribution in [0, 0.1) is 21.8 Å². The van der Waals surface area contributed by atoms with Crippen LogP contribution in [-0.2, 0) is 4.79 Å². The van der Waals surface area contributed by atoms with Gasteiger partial charge in [0.05, 0.1) is 16.9 Å². The first kappa shape index (κ1) is 15.0. The number of anilines is 1. The van der Waals surface area contributed by atoms with E-state index in [9.17, 15) is 19.3 Å². The molecular weight excluding hydrogens is 283 g/mol. The smallest absolute Gasteiger partial charge is 0.306 e. The highest BCUT2D eigenvalue weighted by atomic mass is 19.1. The van der Waals surface area contributed by atoms with Crippen molar-refractivity contribution >= 4 is 17.3 Å². The molecule has 1 fully saturated rings. The van der Waals surface area contributed by atoms with Crippen LogP contribution in [0.1, 0.15) is 25.7 Å². The summed E-state index contributed by atoms with van der Waals surface area (Å²) in [7, 11) is 0. The maximum Gasteiger partial charge on any atom is 0.306 e. The van der Waals surface area contributed by atoms with Crippen LogP contribution in [0.25, 0.3) is 0 Å². The zero-order valence-electron chi connectivity index (χ0n) is 11.1. The lowest BCUT2D eigenvalue weighted by Crippen LogP contribution is -2.28. The number of nitrogens with zero attached hydrogens (tertiary/aromatic N) is 1. The Bertz CT molecular complexity index is 570. The molecule has 0 amide bonds. The average Bonchev–Trinajstić information content (AvgIpc) is 2.44. The highest BCUT2D eigenvalue weighted by Gasteiger charge is 2.28. The molecule has 3 N–H and O–H groups in total. The minimum absolute atomic E-state index is 0.142. The van der Waals surface area contributed by atoms with Crippen LogP contribution in [0.5, 0.6) is 5.75 Å². The predicted octanol–water partition coefficient (Wildman–Crippen LogP) is 2.34. The van der Waals surface area contributed by atoms with Gasteiger partial charge in [-0.2, -0.15) is 0 Å². The number of nitro benzene ring substituents is 1. The summed E-state index contributed by atoms with van der Waals surface area (Å²) in [4.78, 5) is 20.7. The Balaban J connectivity index is 2.06. The Labute approximate surface area is 119 Å². The molecule has 7 nitrogen and oxygen atoms in total. The Hall–Kier alpha value is -2.38. The molecule has 1 aliphatic carbocycles. The standard InChI is InChI=1S/C13H15FN2O5/c14-11-10(6-5-9(12(11)15)16(19)20)21-8-3-1-7(2-4-8)13(17)18/h5-8H,1-4,15H2,(H,17,18). The molecule has 1 aromatic rings. The van der Waals surface area contributed by atoms with Crippen LogP contribution < -0.4 is 10.5 Å². The van der Waals surface area contributed by atoms with Crippen molar-refractivity contribution in [3.63, 3.8) is 0 Å². The fourth-order valence-corrected chi connectivity index (χ4v) is 2.42. The molecule has 114 valence electrons. The number of ether oxygens (including phenoxy) is 1. The second kappa shape index (κ2) is 5.94. The summed E-state index contributed by atoms with van der Waals surface area (Å²) in [6.45, 7) is 0. The number of hydrogen-bond acceptors (Lipinski definition) is 5. The molecule has 0 aromatic heterocycles. The molecular formula is C13H15FN2O5. The van der Waals surface area contributed by atoms with Crippen molar-refractivity contribution in [2.75, 3.05) is 5.73 Å². The summed E-state index contributed by atoms with van der Waals surface area (Å²) in [6.07, 6.45) is 1.60. The quantitative estimate of drug-likeness (QED) is 0.500. The van der Waals surface area contributed by atoms with E-state index in [1.54, 1.807) is 0 Å². The van der Waals surface area contributed by atoms with Gasteiger partial charge in [-0.15, -0.1) is 0 Å². The van der Waals surface area contributed by atoms with Crippen molar-refractivity contribution in [2.45, 2.75) is 31.8 Å². The van der Waals surface area contributed by atoms with E-state index in [0.29, 0.717) is 25.7 Å². The number of benzene rings is 1. The molecule has 0 unspecified atom stereocenters. The summed E-state index contributed by atoms with van der Waals surface area (Å²) >= 11 is 0. The van der Waals surface area contributed by atoms with E-state index >= 15 is 0 Å². The van der Waals surface area contributed by atoms with Gasteiger partial charge in [-0.3, -0.25) is 14.9 Å². The third-order valence-corrected chi connectivity index (χ3v) is 3.64. The lowest BCUT2D eigenvalue weighted by atomic mass is 9.87. The maximum atomic E-state index is 13.9. The topological polar surface area (TPSA) is 116 Å². The number of carboxylic acids is 1. The van der Waals surface area contributed by atoms with Gasteiger partial charge in [-0.05, 0) is 31.7 Å². The Morgan fingerprint density at radius 2 is 2.00 bits per heavy atom. The van der Waals surface area contributed by atoms with E-state index < -0.39 is 34.0 Å². The summed E-state index contributed by atoms with van der Waals surface area (Å²) < 4.78 is 19.4. The molecule has 0 atom stereocenters. The molecule has 0 aliphatic heterocycles. The van der Waals surface area contributed by atoms with E-state index in [2.05, 4.69) is 0 Å². The first-order chi connectivity index (χ1) is 9.90. The molecule has 0 radical (unpaired) electrons. The van der Waals surface area contributed by atoms with Gasteiger partial charge in [0.2, 0.25) is 0 Å². The average molecular weight is 298 g/mol. The van der Waals surface area contributed by atoms with Crippen molar-refractivity contribution in [1.29, 1.82) is 0 Å².